The van der Waals surface area contributed by atoms with Gasteiger partial charge < -0.3 is 14.2 Å². The van der Waals surface area contributed by atoms with Gasteiger partial charge in [-0.15, -0.1) is 0 Å². The van der Waals surface area contributed by atoms with Crippen molar-refractivity contribution < 1.29 is 4.42 Å². The van der Waals surface area contributed by atoms with Crippen molar-refractivity contribution in [1.29, 1.82) is 0 Å². The number of hydrogen-bond acceptors (Lipinski definition) is 3. The Morgan fingerprint density at radius 3 is 2.06 bits per heavy atom. The maximum absolute atomic E-state index is 6.20. The minimum atomic E-state index is 0.0188. The Morgan fingerprint density at radius 1 is 0.686 bits per heavy atom. The number of anilines is 2. The van der Waals surface area contributed by atoms with Crippen molar-refractivity contribution >= 4 is 33.3 Å². The monoisotopic (exact) mass is 458 g/mol. The van der Waals surface area contributed by atoms with Crippen molar-refractivity contribution in [2.24, 2.45) is 5.92 Å². The Morgan fingerprint density at radius 2 is 1.34 bits per heavy atom. The minimum Gasteiger partial charge on any atom is -0.456 e. The van der Waals surface area contributed by atoms with Gasteiger partial charge in [0.1, 0.15) is 17.3 Å². The van der Waals surface area contributed by atoms with E-state index in [-0.39, 0.29) is 6.17 Å². The van der Waals surface area contributed by atoms with Crippen molar-refractivity contribution in [2.75, 3.05) is 9.80 Å². The molecule has 3 nitrogen and oxygen atoms in total. The third-order valence-electron chi connectivity index (χ3n) is 7.11. The number of allylic oxidation sites excluding steroid dienone is 2. The molecule has 0 aliphatic carbocycles. The Labute approximate surface area is 206 Å². The lowest BCUT2D eigenvalue weighted by Crippen LogP contribution is -2.33. The number of furan rings is 1. The molecule has 174 valence electrons. The van der Waals surface area contributed by atoms with Crippen LogP contribution in [0, 0.1) is 12.8 Å². The molecule has 0 radical (unpaired) electrons. The Bertz CT molecular complexity index is 1550. The molecule has 6 rings (SSSR count). The summed E-state index contributed by atoms with van der Waals surface area (Å²) in [6.07, 6.45) is 0.0188. The summed E-state index contributed by atoms with van der Waals surface area (Å²) in [5.41, 5.74) is 9.40. The molecule has 35 heavy (non-hydrogen) atoms. The Hall–Kier alpha value is -3.98. The molecule has 1 aliphatic rings. The molecule has 1 unspecified atom stereocenters. The molecule has 4 aromatic carbocycles. The van der Waals surface area contributed by atoms with E-state index in [4.69, 9.17) is 4.42 Å². The fourth-order valence-electron chi connectivity index (χ4n) is 5.65. The smallest absolute Gasteiger partial charge is 0.136 e. The van der Waals surface area contributed by atoms with Crippen molar-refractivity contribution in [3.05, 3.63) is 120 Å². The van der Waals surface area contributed by atoms with Crippen LogP contribution >= 0.6 is 0 Å². The molecular formula is C32H30N2O. The lowest BCUT2D eigenvalue weighted by Gasteiger charge is -2.36. The fraction of sp³-hybridized carbons (Fsp3) is 0.188. The highest BCUT2D eigenvalue weighted by atomic mass is 16.3. The molecule has 0 N–H and O–H groups in total. The third kappa shape index (κ3) is 3.42. The van der Waals surface area contributed by atoms with Crippen LogP contribution in [-0.4, -0.2) is 0 Å². The van der Waals surface area contributed by atoms with Gasteiger partial charge in [-0.05, 0) is 61.2 Å². The molecule has 1 aliphatic heterocycles. The zero-order valence-electron chi connectivity index (χ0n) is 20.7. The first-order valence-corrected chi connectivity index (χ1v) is 12.4. The molecular weight excluding hydrogens is 428 g/mol. The normalized spacial score (nSPS) is 16.3. The quantitative estimate of drug-likeness (QED) is 0.268. The van der Waals surface area contributed by atoms with E-state index in [1.54, 1.807) is 0 Å². The fourth-order valence-corrected chi connectivity index (χ4v) is 5.65. The van der Waals surface area contributed by atoms with E-state index in [0.717, 1.165) is 21.9 Å². The van der Waals surface area contributed by atoms with Crippen LogP contribution in [0.5, 0.6) is 0 Å². The summed E-state index contributed by atoms with van der Waals surface area (Å²) >= 11 is 0. The van der Waals surface area contributed by atoms with Gasteiger partial charge in [-0.25, -0.2) is 0 Å². The summed E-state index contributed by atoms with van der Waals surface area (Å²) in [6, 6.07) is 34.5. The number of aryl methyl sites for hydroxylation is 1. The average Bonchev–Trinajstić information content (AvgIpc) is 3.39. The van der Waals surface area contributed by atoms with E-state index >= 15 is 0 Å². The average molecular weight is 459 g/mol. The minimum absolute atomic E-state index is 0.0188. The van der Waals surface area contributed by atoms with Crippen molar-refractivity contribution in [3.8, 4) is 0 Å². The van der Waals surface area contributed by atoms with Gasteiger partial charge in [0.25, 0.3) is 0 Å². The lowest BCUT2D eigenvalue weighted by molar-refractivity contribution is 0.661. The summed E-state index contributed by atoms with van der Waals surface area (Å²) < 4.78 is 6.20. The number of rotatable bonds is 4. The molecule has 0 spiro atoms. The summed E-state index contributed by atoms with van der Waals surface area (Å²) in [7, 11) is 0. The largest absolute Gasteiger partial charge is 0.456 e. The van der Waals surface area contributed by atoms with Gasteiger partial charge in [0.2, 0.25) is 0 Å². The second-order valence-corrected chi connectivity index (χ2v) is 9.72. The highest BCUT2D eigenvalue weighted by Crippen LogP contribution is 2.49. The van der Waals surface area contributed by atoms with Crippen LogP contribution in [-0.2, 0) is 0 Å². The second-order valence-electron chi connectivity index (χ2n) is 9.72. The van der Waals surface area contributed by atoms with Gasteiger partial charge in [-0.2, -0.15) is 0 Å². The van der Waals surface area contributed by atoms with Crippen LogP contribution in [0.2, 0.25) is 0 Å². The van der Waals surface area contributed by atoms with Crippen molar-refractivity contribution in [3.63, 3.8) is 0 Å². The molecule has 0 amide bonds. The molecule has 1 atom stereocenters. The predicted octanol–water partition coefficient (Wildman–Crippen LogP) is 8.81. The second kappa shape index (κ2) is 8.35. The predicted molar refractivity (Wildman–Crippen MR) is 147 cm³/mol. The molecule has 0 saturated heterocycles. The zero-order chi connectivity index (χ0) is 24.1. The van der Waals surface area contributed by atoms with Crippen LogP contribution < -0.4 is 9.80 Å². The van der Waals surface area contributed by atoms with E-state index in [0.29, 0.717) is 5.92 Å². The van der Waals surface area contributed by atoms with E-state index < -0.39 is 0 Å². The van der Waals surface area contributed by atoms with Crippen LogP contribution in [0.3, 0.4) is 0 Å². The molecule has 2 heterocycles. The number of para-hydroxylation sites is 2. The van der Waals surface area contributed by atoms with E-state index in [1.807, 2.05) is 12.1 Å². The van der Waals surface area contributed by atoms with Gasteiger partial charge in [0.05, 0.1) is 0 Å². The zero-order valence-corrected chi connectivity index (χ0v) is 20.7. The summed E-state index contributed by atoms with van der Waals surface area (Å²) in [5.74, 6) is 0.366. The molecule has 3 heteroatoms. The van der Waals surface area contributed by atoms with E-state index in [9.17, 15) is 0 Å². The van der Waals surface area contributed by atoms with Gasteiger partial charge in [-0.1, -0.05) is 80.6 Å². The first-order valence-electron chi connectivity index (χ1n) is 12.4. The van der Waals surface area contributed by atoms with E-state index in [1.165, 1.54) is 33.9 Å². The third-order valence-corrected chi connectivity index (χ3v) is 7.11. The molecule has 1 aromatic heterocycles. The number of fused-ring (bicyclic) bond motifs is 3. The SMILES string of the molecule is CC1=C(C(C)C)N(c2ccccc2)C(c2ccccc2)N1c1cc2c(cc1C)oc1ccccc12. The number of hydrogen-bond donors (Lipinski definition) is 0. The number of nitrogens with zero attached hydrogens (tertiary/aromatic N) is 2. The summed E-state index contributed by atoms with van der Waals surface area (Å²) in [5, 5.41) is 2.31. The van der Waals surface area contributed by atoms with Gasteiger partial charge in [0, 0.05) is 33.5 Å². The first kappa shape index (κ1) is 21.5. The summed E-state index contributed by atoms with van der Waals surface area (Å²) in [4.78, 5) is 5.04. The number of benzene rings is 4. The highest BCUT2D eigenvalue weighted by molar-refractivity contribution is 6.06. The lowest BCUT2D eigenvalue weighted by atomic mass is 10.0. The first-order chi connectivity index (χ1) is 17.0. The van der Waals surface area contributed by atoms with Crippen LogP contribution in [0.25, 0.3) is 21.9 Å². The summed E-state index contributed by atoms with van der Waals surface area (Å²) in [6.45, 7) is 9.04. The van der Waals surface area contributed by atoms with Crippen LogP contribution in [0.15, 0.2) is 113 Å². The highest BCUT2D eigenvalue weighted by Gasteiger charge is 2.40. The van der Waals surface area contributed by atoms with Crippen LogP contribution in [0.1, 0.15) is 38.1 Å². The van der Waals surface area contributed by atoms with Crippen molar-refractivity contribution in [1.82, 2.24) is 0 Å². The van der Waals surface area contributed by atoms with Gasteiger partial charge in [0.15, 0.2) is 0 Å². The standard InChI is InChI=1S/C32H30N2O/c1-21(2)31-23(4)33(28-20-27-26-17-11-12-18-29(26)35-30(27)19-22(28)3)32(24-13-7-5-8-14-24)34(31)25-15-9-6-10-16-25/h5-21,32H,1-4H3. The van der Waals surface area contributed by atoms with E-state index in [2.05, 4.69) is 122 Å². The molecule has 0 fully saturated rings. The van der Waals surface area contributed by atoms with Gasteiger partial charge >= 0.3 is 0 Å². The molecule has 5 aromatic rings. The van der Waals surface area contributed by atoms with Crippen molar-refractivity contribution in [2.45, 2.75) is 33.9 Å². The molecule has 0 bridgehead atoms. The van der Waals surface area contributed by atoms with Gasteiger partial charge in [-0.3, -0.25) is 0 Å². The Balaban J connectivity index is 1.63. The maximum Gasteiger partial charge on any atom is 0.136 e. The maximum atomic E-state index is 6.20. The Kier molecular flexibility index (Phi) is 5.14. The topological polar surface area (TPSA) is 19.6 Å². The molecule has 0 saturated carbocycles. The van der Waals surface area contributed by atoms with Crippen LogP contribution in [0.4, 0.5) is 11.4 Å².